The predicted molar refractivity (Wildman–Crippen MR) is 82.3 cm³/mol. The maximum absolute atomic E-state index is 5.15. The number of methoxy groups -OCH3 is 1. The third-order valence-corrected chi connectivity index (χ3v) is 3.98. The van der Waals surface area contributed by atoms with Gasteiger partial charge in [0.25, 0.3) is 0 Å². The van der Waals surface area contributed by atoms with Gasteiger partial charge < -0.3 is 10.1 Å². The largest absolute Gasteiger partial charge is 0.497 e. The van der Waals surface area contributed by atoms with Gasteiger partial charge in [-0.1, -0.05) is 19.1 Å². The average Bonchev–Trinajstić information content (AvgIpc) is 2.94. The summed E-state index contributed by atoms with van der Waals surface area (Å²) in [5, 5.41) is 14.0. The molecule has 0 radical (unpaired) electrons. The summed E-state index contributed by atoms with van der Waals surface area (Å²) in [6, 6.07) is 8.19. The molecule has 0 unspecified atom stereocenters. The fraction of sp³-hybridized carbons (Fsp3) is 0.467. The van der Waals surface area contributed by atoms with E-state index in [0.717, 1.165) is 48.1 Å². The molecule has 5 heteroatoms. The van der Waals surface area contributed by atoms with E-state index in [0.29, 0.717) is 0 Å². The van der Waals surface area contributed by atoms with Crippen LogP contribution in [0.3, 0.4) is 0 Å². The molecule has 0 bridgehead atoms. The van der Waals surface area contributed by atoms with Crippen molar-refractivity contribution in [2.75, 3.05) is 13.7 Å². The summed E-state index contributed by atoms with van der Waals surface area (Å²) in [5.41, 5.74) is 1.30. The minimum Gasteiger partial charge on any atom is -0.497 e. The summed E-state index contributed by atoms with van der Waals surface area (Å²) in [6.07, 6.45) is 3.07. The Balaban J connectivity index is 1.81. The Bertz CT molecular complexity index is 510. The molecule has 0 fully saturated rings. The zero-order chi connectivity index (χ0) is 14.2. The van der Waals surface area contributed by atoms with Crippen LogP contribution in [0, 0.1) is 0 Å². The highest BCUT2D eigenvalue weighted by Crippen LogP contribution is 2.15. The van der Waals surface area contributed by atoms with Crippen LogP contribution >= 0.6 is 11.3 Å². The second-order valence-electron chi connectivity index (χ2n) is 4.61. The smallest absolute Gasteiger partial charge is 0.131 e. The Labute approximate surface area is 124 Å². The standard InChI is InChI=1S/C15H21N3OS/c1-3-10-16-11-15-18-17-14(20-15)9-6-12-4-7-13(19-2)8-5-12/h4-5,7-8,16H,3,6,9-11H2,1-2H3. The van der Waals surface area contributed by atoms with Crippen molar-refractivity contribution in [3.63, 3.8) is 0 Å². The molecule has 0 aliphatic carbocycles. The number of nitrogens with zero attached hydrogens (tertiary/aromatic N) is 2. The first kappa shape index (κ1) is 14.9. The van der Waals surface area contributed by atoms with Crippen LogP contribution in [0.25, 0.3) is 0 Å². The molecule has 1 N–H and O–H groups in total. The minimum atomic E-state index is 0.827. The van der Waals surface area contributed by atoms with Gasteiger partial charge in [0.2, 0.25) is 0 Å². The molecule has 0 saturated carbocycles. The maximum Gasteiger partial charge on any atom is 0.131 e. The highest BCUT2D eigenvalue weighted by Gasteiger charge is 2.04. The molecule has 2 aromatic rings. The molecular weight excluding hydrogens is 270 g/mol. The zero-order valence-corrected chi connectivity index (χ0v) is 12.9. The van der Waals surface area contributed by atoms with Gasteiger partial charge in [-0.3, -0.25) is 0 Å². The van der Waals surface area contributed by atoms with Crippen molar-refractivity contribution in [3.8, 4) is 5.75 Å². The van der Waals surface area contributed by atoms with Crippen molar-refractivity contribution >= 4 is 11.3 Å². The van der Waals surface area contributed by atoms with Crippen molar-refractivity contribution < 1.29 is 4.74 Å². The number of rotatable bonds is 8. The second kappa shape index (κ2) is 7.97. The van der Waals surface area contributed by atoms with Crippen molar-refractivity contribution in [2.45, 2.75) is 32.7 Å². The lowest BCUT2D eigenvalue weighted by atomic mass is 10.1. The number of ether oxygens (including phenoxy) is 1. The van der Waals surface area contributed by atoms with Gasteiger partial charge in [-0.25, -0.2) is 0 Å². The zero-order valence-electron chi connectivity index (χ0n) is 12.1. The van der Waals surface area contributed by atoms with Gasteiger partial charge in [0.05, 0.1) is 7.11 Å². The summed E-state index contributed by atoms with van der Waals surface area (Å²) in [7, 11) is 1.68. The molecule has 1 aromatic heterocycles. The fourth-order valence-corrected chi connectivity index (χ4v) is 2.69. The lowest BCUT2D eigenvalue weighted by Crippen LogP contribution is -2.13. The van der Waals surface area contributed by atoms with Gasteiger partial charge >= 0.3 is 0 Å². The third-order valence-electron chi connectivity index (χ3n) is 3.00. The van der Waals surface area contributed by atoms with Crippen LogP contribution in [-0.2, 0) is 19.4 Å². The van der Waals surface area contributed by atoms with Crippen LogP contribution in [0.2, 0.25) is 0 Å². The summed E-state index contributed by atoms with van der Waals surface area (Å²) in [5.74, 6) is 0.897. The van der Waals surface area contributed by atoms with Crippen LogP contribution in [0.1, 0.15) is 28.9 Å². The summed E-state index contributed by atoms with van der Waals surface area (Å²) < 4.78 is 5.15. The Morgan fingerprint density at radius 3 is 2.55 bits per heavy atom. The van der Waals surface area contributed by atoms with E-state index in [1.165, 1.54) is 5.56 Å². The third kappa shape index (κ3) is 4.58. The van der Waals surface area contributed by atoms with E-state index in [9.17, 15) is 0 Å². The topological polar surface area (TPSA) is 47.0 Å². The fourth-order valence-electron chi connectivity index (χ4n) is 1.88. The number of aromatic nitrogens is 2. The lowest BCUT2D eigenvalue weighted by molar-refractivity contribution is 0.414. The Morgan fingerprint density at radius 1 is 1.10 bits per heavy atom. The highest BCUT2D eigenvalue weighted by molar-refractivity contribution is 7.11. The highest BCUT2D eigenvalue weighted by atomic mass is 32.1. The van der Waals surface area contributed by atoms with Crippen molar-refractivity contribution in [2.24, 2.45) is 0 Å². The maximum atomic E-state index is 5.15. The number of nitrogens with one attached hydrogen (secondary N) is 1. The first-order chi connectivity index (χ1) is 9.81. The van der Waals surface area contributed by atoms with Gasteiger partial charge in [-0.2, -0.15) is 0 Å². The molecule has 0 aliphatic rings. The number of hydrogen-bond donors (Lipinski definition) is 1. The van der Waals surface area contributed by atoms with Gasteiger partial charge in [-0.05, 0) is 37.1 Å². The van der Waals surface area contributed by atoms with E-state index in [-0.39, 0.29) is 0 Å². The van der Waals surface area contributed by atoms with Crippen LogP contribution < -0.4 is 10.1 Å². The molecule has 1 heterocycles. The van der Waals surface area contributed by atoms with Gasteiger partial charge in [0, 0.05) is 13.0 Å². The van der Waals surface area contributed by atoms with Crippen LogP contribution in [0.5, 0.6) is 5.75 Å². The first-order valence-corrected chi connectivity index (χ1v) is 7.78. The molecule has 108 valence electrons. The van der Waals surface area contributed by atoms with Gasteiger partial charge in [0.1, 0.15) is 15.8 Å². The molecule has 0 spiro atoms. The van der Waals surface area contributed by atoms with E-state index in [1.807, 2.05) is 12.1 Å². The minimum absolute atomic E-state index is 0.827. The molecule has 0 saturated heterocycles. The quantitative estimate of drug-likeness (QED) is 0.760. The molecule has 4 nitrogen and oxygen atoms in total. The van der Waals surface area contributed by atoms with Crippen molar-refractivity contribution in [3.05, 3.63) is 39.8 Å². The monoisotopic (exact) mass is 291 g/mol. The van der Waals surface area contributed by atoms with E-state index in [1.54, 1.807) is 18.4 Å². The summed E-state index contributed by atoms with van der Waals surface area (Å²) >= 11 is 1.70. The average molecular weight is 291 g/mol. The predicted octanol–water partition coefficient (Wildman–Crippen LogP) is 2.83. The van der Waals surface area contributed by atoms with Crippen LogP contribution in [0.15, 0.2) is 24.3 Å². The van der Waals surface area contributed by atoms with Crippen molar-refractivity contribution in [1.29, 1.82) is 0 Å². The summed E-state index contributed by atoms with van der Waals surface area (Å²) in [6.45, 7) is 4.02. The molecule has 0 amide bonds. The number of aryl methyl sites for hydroxylation is 2. The van der Waals surface area contributed by atoms with E-state index < -0.39 is 0 Å². The van der Waals surface area contributed by atoms with Crippen molar-refractivity contribution in [1.82, 2.24) is 15.5 Å². The number of hydrogen-bond acceptors (Lipinski definition) is 5. The molecule has 0 aliphatic heterocycles. The van der Waals surface area contributed by atoms with E-state index >= 15 is 0 Å². The SMILES string of the molecule is CCCNCc1nnc(CCc2ccc(OC)cc2)s1. The Morgan fingerprint density at radius 2 is 1.85 bits per heavy atom. The molecular formula is C15H21N3OS. The van der Waals surface area contributed by atoms with Crippen LogP contribution in [-0.4, -0.2) is 23.9 Å². The lowest BCUT2D eigenvalue weighted by Gasteiger charge is -2.01. The Kier molecular flexibility index (Phi) is 5.95. The summed E-state index contributed by atoms with van der Waals surface area (Å²) in [4.78, 5) is 0. The van der Waals surface area contributed by atoms with E-state index in [4.69, 9.17) is 4.74 Å². The first-order valence-electron chi connectivity index (χ1n) is 6.96. The van der Waals surface area contributed by atoms with Gasteiger partial charge in [-0.15, -0.1) is 21.5 Å². The van der Waals surface area contributed by atoms with Crippen LogP contribution in [0.4, 0.5) is 0 Å². The molecule has 20 heavy (non-hydrogen) atoms. The molecule has 0 atom stereocenters. The number of benzene rings is 1. The molecule has 1 aromatic carbocycles. The second-order valence-corrected chi connectivity index (χ2v) is 5.76. The van der Waals surface area contributed by atoms with Gasteiger partial charge in [0.15, 0.2) is 0 Å². The Hall–Kier alpha value is -1.46. The van der Waals surface area contributed by atoms with E-state index in [2.05, 4.69) is 34.6 Å². The molecule has 2 rings (SSSR count). The normalized spacial score (nSPS) is 10.7.